The second kappa shape index (κ2) is 5.12. The van der Waals surface area contributed by atoms with Gasteiger partial charge < -0.3 is 4.74 Å². The fourth-order valence-corrected chi connectivity index (χ4v) is 1.91. The highest BCUT2D eigenvalue weighted by molar-refractivity contribution is 5.79. The van der Waals surface area contributed by atoms with E-state index in [2.05, 4.69) is 12.2 Å². The van der Waals surface area contributed by atoms with Gasteiger partial charge in [0.25, 0.3) is 0 Å². The van der Waals surface area contributed by atoms with Gasteiger partial charge in [0.05, 0.1) is 6.61 Å². The molecular formula is C13H17NO2. The van der Waals surface area contributed by atoms with E-state index in [1.807, 2.05) is 24.3 Å². The lowest BCUT2D eigenvalue weighted by Gasteiger charge is -2.11. The molecule has 3 heteroatoms. The van der Waals surface area contributed by atoms with E-state index in [1.54, 1.807) is 0 Å². The first-order valence-corrected chi connectivity index (χ1v) is 5.80. The molecule has 1 unspecified atom stereocenters. The van der Waals surface area contributed by atoms with Crippen molar-refractivity contribution in [2.24, 2.45) is 0 Å². The molecule has 0 aliphatic carbocycles. The predicted molar refractivity (Wildman–Crippen MR) is 61.9 cm³/mol. The van der Waals surface area contributed by atoms with Crippen LogP contribution in [0.5, 0.6) is 0 Å². The average Bonchev–Trinajstić information content (AvgIpc) is 2.73. The van der Waals surface area contributed by atoms with Crippen LogP contribution in [0.15, 0.2) is 24.3 Å². The minimum atomic E-state index is -0.270. The summed E-state index contributed by atoms with van der Waals surface area (Å²) in [5, 5.41) is 3.17. The highest BCUT2D eigenvalue weighted by Gasteiger charge is 2.28. The van der Waals surface area contributed by atoms with Crippen LogP contribution >= 0.6 is 0 Å². The molecule has 0 bridgehead atoms. The van der Waals surface area contributed by atoms with Crippen molar-refractivity contribution in [1.29, 1.82) is 0 Å². The Hall–Kier alpha value is -1.35. The summed E-state index contributed by atoms with van der Waals surface area (Å²) in [6.45, 7) is 3.36. The number of benzene rings is 1. The molecule has 1 aliphatic rings. The molecule has 0 amide bonds. The van der Waals surface area contributed by atoms with Gasteiger partial charge in [0.2, 0.25) is 0 Å². The number of hydrogen-bond acceptors (Lipinski definition) is 3. The Labute approximate surface area is 95.8 Å². The van der Waals surface area contributed by atoms with Crippen molar-refractivity contribution in [3.63, 3.8) is 0 Å². The van der Waals surface area contributed by atoms with Gasteiger partial charge in [-0.1, -0.05) is 37.6 Å². The molecule has 1 N–H and O–H groups in total. The summed E-state index contributed by atoms with van der Waals surface area (Å²) in [7, 11) is 0. The molecule has 0 spiro atoms. The number of nitrogens with one attached hydrogen (secondary N) is 1. The molecule has 0 fully saturated rings. The molecule has 0 saturated carbocycles. The van der Waals surface area contributed by atoms with Gasteiger partial charge in [0, 0.05) is 6.54 Å². The number of unbranched alkanes of at least 4 members (excludes halogenated alkanes) is 1. The normalized spacial score (nSPS) is 18.2. The molecule has 1 aliphatic heterocycles. The number of hydrogen-bond donors (Lipinski definition) is 1. The molecular weight excluding hydrogens is 202 g/mol. The van der Waals surface area contributed by atoms with Gasteiger partial charge in [-0.25, -0.2) is 4.79 Å². The molecule has 16 heavy (non-hydrogen) atoms. The van der Waals surface area contributed by atoms with E-state index < -0.39 is 0 Å². The molecule has 1 aromatic carbocycles. The van der Waals surface area contributed by atoms with Crippen molar-refractivity contribution < 1.29 is 9.53 Å². The fraction of sp³-hybridized carbons (Fsp3) is 0.462. The third kappa shape index (κ3) is 2.25. The lowest BCUT2D eigenvalue weighted by atomic mass is 10.1. The van der Waals surface area contributed by atoms with Crippen molar-refractivity contribution in [3.8, 4) is 0 Å². The molecule has 0 radical (unpaired) electrons. The maximum atomic E-state index is 11.8. The quantitative estimate of drug-likeness (QED) is 0.623. The van der Waals surface area contributed by atoms with Crippen LogP contribution in [0.2, 0.25) is 0 Å². The molecule has 86 valence electrons. The summed E-state index contributed by atoms with van der Waals surface area (Å²) in [5.41, 5.74) is 2.25. The van der Waals surface area contributed by atoms with Crippen molar-refractivity contribution in [2.75, 3.05) is 6.61 Å². The Morgan fingerprint density at radius 1 is 1.50 bits per heavy atom. The zero-order chi connectivity index (χ0) is 11.4. The first kappa shape index (κ1) is 11.1. The van der Waals surface area contributed by atoms with Crippen LogP contribution in [-0.2, 0) is 16.1 Å². The lowest BCUT2D eigenvalue weighted by Crippen LogP contribution is -2.24. The highest BCUT2D eigenvalue weighted by Crippen LogP contribution is 2.25. The second-order valence-electron chi connectivity index (χ2n) is 4.03. The van der Waals surface area contributed by atoms with Gasteiger partial charge in [-0.05, 0) is 17.5 Å². The number of carbonyl (C=O) groups excluding carboxylic acids is 1. The largest absolute Gasteiger partial charge is 0.464 e. The van der Waals surface area contributed by atoms with Gasteiger partial charge in [-0.2, -0.15) is 0 Å². The lowest BCUT2D eigenvalue weighted by molar-refractivity contribution is -0.146. The van der Waals surface area contributed by atoms with E-state index in [9.17, 15) is 4.79 Å². The minimum Gasteiger partial charge on any atom is -0.464 e. The number of fused-ring (bicyclic) bond motifs is 1. The third-order valence-corrected chi connectivity index (χ3v) is 2.84. The maximum absolute atomic E-state index is 11.8. The first-order chi connectivity index (χ1) is 7.83. The zero-order valence-electron chi connectivity index (χ0n) is 9.53. The van der Waals surface area contributed by atoms with E-state index >= 15 is 0 Å². The number of ether oxygens (including phenoxy) is 1. The molecule has 0 saturated heterocycles. The highest BCUT2D eigenvalue weighted by atomic mass is 16.5. The van der Waals surface area contributed by atoms with Crippen LogP contribution in [0, 0.1) is 0 Å². The van der Waals surface area contributed by atoms with E-state index in [0.717, 1.165) is 24.9 Å². The van der Waals surface area contributed by atoms with Gasteiger partial charge in [0.15, 0.2) is 0 Å². The standard InChI is InChI=1S/C13H17NO2/c1-2-3-8-16-13(15)12-11-7-5-4-6-10(11)9-14-12/h4-7,12,14H,2-3,8-9H2,1H3. The summed E-state index contributed by atoms with van der Waals surface area (Å²) in [6, 6.07) is 7.71. The SMILES string of the molecule is CCCCOC(=O)C1NCc2ccccc21. The van der Waals surface area contributed by atoms with Crippen LogP contribution < -0.4 is 5.32 Å². The Morgan fingerprint density at radius 3 is 3.12 bits per heavy atom. The van der Waals surface area contributed by atoms with Gasteiger partial charge in [-0.3, -0.25) is 5.32 Å². The summed E-state index contributed by atoms with van der Waals surface area (Å²) in [5.74, 6) is -0.154. The summed E-state index contributed by atoms with van der Waals surface area (Å²) in [6.07, 6.45) is 1.97. The maximum Gasteiger partial charge on any atom is 0.327 e. The predicted octanol–water partition coefficient (Wildman–Crippen LogP) is 2.17. The van der Waals surface area contributed by atoms with Crippen molar-refractivity contribution in [3.05, 3.63) is 35.4 Å². The summed E-state index contributed by atoms with van der Waals surface area (Å²) < 4.78 is 5.22. The monoisotopic (exact) mass is 219 g/mol. The number of esters is 1. The van der Waals surface area contributed by atoms with Crippen molar-refractivity contribution >= 4 is 5.97 Å². The van der Waals surface area contributed by atoms with Gasteiger partial charge >= 0.3 is 5.97 Å². The minimum absolute atomic E-state index is 0.154. The third-order valence-electron chi connectivity index (χ3n) is 2.84. The Balaban J connectivity index is 1.99. The molecule has 2 rings (SSSR count). The van der Waals surface area contributed by atoms with E-state index in [-0.39, 0.29) is 12.0 Å². The van der Waals surface area contributed by atoms with E-state index in [4.69, 9.17) is 4.74 Å². The van der Waals surface area contributed by atoms with Crippen LogP contribution in [0.25, 0.3) is 0 Å². The van der Waals surface area contributed by atoms with Crippen LogP contribution in [0.1, 0.15) is 36.9 Å². The van der Waals surface area contributed by atoms with Crippen molar-refractivity contribution in [1.82, 2.24) is 5.32 Å². The van der Waals surface area contributed by atoms with Crippen LogP contribution in [-0.4, -0.2) is 12.6 Å². The topological polar surface area (TPSA) is 38.3 Å². The fourth-order valence-electron chi connectivity index (χ4n) is 1.91. The summed E-state index contributed by atoms with van der Waals surface area (Å²) in [4.78, 5) is 11.8. The molecule has 3 nitrogen and oxygen atoms in total. The molecule has 1 atom stereocenters. The Kier molecular flexibility index (Phi) is 3.57. The first-order valence-electron chi connectivity index (χ1n) is 5.80. The Bertz CT molecular complexity index is 376. The Morgan fingerprint density at radius 2 is 2.31 bits per heavy atom. The van der Waals surface area contributed by atoms with E-state index in [0.29, 0.717) is 6.61 Å². The van der Waals surface area contributed by atoms with Crippen LogP contribution in [0.3, 0.4) is 0 Å². The van der Waals surface area contributed by atoms with E-state index in [1.165, 1.54) is 5.56 Å². The smallest absolute Gasteiger partial charge is 0.327 e. The van der Waals surface area contributed by atoms with Crippen molar-refractivity contribution in [2.45, 2.75) is 32.4 Å². The van der Waals surface area contributed by atoms with Gasteiger partial charge in [0.1, 0.15) is 6.04 Å². The molecule has 1 heterocycles. The number of carbonyl (C=O) groups is 1. The summed E-state index contributed by atoms with van der Waals surface area (Å²) >= 11 is 0. The average molecular weight is 219 g/mol. The molecule has 0 aromatic heterocycles. The van der Waals surface area contributed by atoms with Gasteiger partial charge in [-0.15, -0.1) is 0 Å². The number of rotatable bonds is 4. The zero-order valence-corrected chi connectivity index (χ0v) is 9.53. The molecule has 1 aromatic rings. The van der Waals surface area contributed by atoms with Crippen LogP contribution in [0.4, 0.5) is 0 Å². The second-order valence-corrected chi connectivity index (χ2v) is 4.03.